The summed E-state index contributed by atoms with van der Waals surface area (Å²) in [5.74, 6) is -0.732. The molecule has 1 heterocycles. The van der Waals surface area contributed by atoms with E-state index in [4.69, 9.17) is 23.2 Å². The largest absolute Gasteiger partial charge is 0.507 e. The van der Waals surface area contributed by atoms with Crippen LogP contribution in [0.4, 0.5) is 18.9 Å². The van der Waals surface area contributed by atoms with Crippen molar-refractivity contribution < 1.29 is 23.1 Å². The number of carbonyl (C=O) groups excluding carboxylic acids is 1. The Labute approximate surface area is 208 Å². The molecule has 0 spiro atoms. The van der Waals surface area contributed by atoms with Gasteiger partial charge in [0, 0.05) is 29.4 Å². The number of hydrogen-bond donors (Lipinski definition) is 1. The normalized spacial score (nSPS) is 11.5. The zero-order valence-corrected chi connectivity index (χ0v) is 19.7. The molecule has 10 heteroatoms. The number of nitrogens with zero attached hydrogens (tertiary/aromatic N) is 3. The van der Waals surface area contributed by atoms with E-state index in [2.05, 4.69) is 5.10 Å². The lowest BCUT2D eigenvalue weighted by Gasteiger charge is -2.24. The van der Waals surface area contributed by atoms with E-state index in [0.29, 0.717) is 10.7 Å². The smallest absolute Gasteiger partial charge is 0.435 e. The zero-order valence-electron chi connectivity index (χ0n) is 18.2. The second kappa shape index (κ2) is 9.64. The molecule has 0 saturated heterocycles. The quantitative estimate of drug-likeness (QED) is 0.310. The van der Waals surface area contributed by atoms with Crippen LogP contribution in [-0.2, 0) is 19.8 Å². The Morgan fingerprint density at radius 1 is 1.03 bits per heavy atom. The maximum atomic E-state index is 13.5. The summed E-state index contributed by atoms with van der Waals surface area (Å²) in [6, 6.07) is 18.6. The molecule has 0 unspecified atom stereocenters. The fourth-order valence-electron chi connectivity index (χ4n) is 3.60. The number of amides is 1. The molecule has 1 N–H and O–H groups in total. The molecule has 4 aromatic rings. The predicted octanol–water partition coefficient (Wildman–Crippen LogP) is 6.97. The minimum atomic E-state index is -4.62. The van der Waals surface area contributed by atoms with Crippen molar-refractivity contribution in [2.75, 3.05) is 4.90 Å². The summed E-state index contributed by atoms with van der Waals surface area (Å²) in [6.45, 7) is 0.129. The molecule has 4 rings (SSSR count). The van der Waals surface area contributed by atoms with E-state index in [1.165, 1.54) is 24.1 Å². The fraction of sp³-hybridized carbons (Fsp3) is 0.120. The van der Waals surface area contributed by atoms with Crippen molar-refractivity contribution in [1.82, 2.24) is 9.78 Å². The number of anilines is 1. The molecule has 180 valence electrons. The first-order valence-electron chi connectivity index (χ1n) is 10.3. The minimum Gasteiger partial charge on any atom is -0.507 e. The number of aryl methyl sites for hydroxylation is 1. The van der Waals surface area contributed by atoms with E-state index < -0.39 is 17.8 Å². The van der Waals surface area contributed by atoms with Gasteiger partial charge < -0.3 is 10.0 Å². The first-order chi connectivity index (χ1) is 16.5. The van der Waals surface area contributed by atoms with E-state index in [0.717, 1.165) is 16.3 Å². The molecule has 1 aromatic heterocycles. The van der Waals surface area contributed by atoms with Crippen molar-refractivity contribution in [2.45, 2.75) is 12.7 Å². The van der Waals surface area contributed by atoms with Gasteiger partial charge in [-0.2, -0.15) is 18.3 Å². The van der Waals surface area contributed by atoms with Gasteiger partial charge >= 0.3 is 6.18 Å². The van der Waals surface area contributed by atoms with Gasteiger partial charge in [0.25, 0.3) is 5.91 Å². The molecule has 0 radical (unpaired) electrons. The minimum absolute atomic E-state index is 0.0723. The molecule has 0 aliphatic heterocycles. The first-order valence-corrected chi connectivity index (χ1v) is 11.1. The summed E-state index contributed by atoms with van der Waals surface area (Å²) in [6.07, 6.45) is -4.62. The number of phenols is 1. The van der Waals surface area contributed by atoms with Gasteiger partial charge in [-0.25, -0.2) is 0 Å². The lowest BCUT2D eigenvalue weighted by Crippen LogP contribution is -2.30. The van der Waals surface area contributed by atoms with Crippen LogP contribution < -0.4 is 4.90 Å². The summed E-state index contributed by atoms with van der Waals surface area (Å²) in [5, 5.41) is 15.0. The molecule has 1 amide bonds. The van der Waals surface area contributed by atoms with Gasteiger partial charge in [-0.3, -0.25) is 9.48 Å². The Kier molecular flexibility index (Phi) is 6.78. The van der Waals surface area contributed by atoms with E-state index in [-0.39, 0.29) is 34.1 Å². The van der Waals surface area contributed by atoms with Crippen LogP contribution in [-0.4, -0.2) is 20.8 Å². The van der Waals surface area contributed by atoms with Gasteiger partial charge in [0.15, 0.2) is 5.69 Å². The van der Waals surface area contributed by atoms with Crippen LogP contribution in [0.1, 0.15) is 21.6 Å². The van der Waals surface area contributed by atoms with Crippen molar-refractivity contribution in [3.63, 3.8) is 0 Å². The lowest BCUT2D eigenvalue weighted by atomic mass is 10.1. The molecular formula is C25H18Cl2F3N3O2. The maximum Gasteiger partial charge on any atom is 0.435 e. The topological polar surface area (TPSA) is 58.4 Å². The Bertz CT molecular complexity index is 1390. The number of halogens is 5. The highest BCUT2D eigenvalue weighted by Gasteiger charge is 2.35. The van der Waals surface area contributed by atoms with Crippen LogP contribution in [0.3, 0.4) is 0 Å². The summed E-state index contributed by atoms with van der Waals surface area (Å²) in [7, 11) is 1.35. The summed E-state index contributed by atoms with van der Waals surface area (Å²) < 4.78 is 40.3. The molecule has 0 fully saturated rings. The standard InChI is InChI=1S/C25H18Cl2F3N3O2/c1-32-21(13-23(31-32)25(28,29)30)19-11-10-17(12-22(19)34)33(14-15-6-8-16(26)9-7-15)24(35)18-4-2-3-5-20(18)27/h2-13,34H,14H2,1H3. The number of phenolic OH excluding ortho intramolecular Hbond substituents is 1. The number of hydrogen-bond acceptors (Lipinski definition) is 3. The predicted molar refractivity (Wildman–Crippen MR) is 129 cm³/mol. The van der Waals surface area contributed by atoms with Gasteiger partial charge in [-0.05, 0) is 48.0 Å². The molecule has 3 aromatic carbocycles. The molecular weight excluding hydrogens is 502 g/mol. The molecule has 0 aliphatic carbocycles. The van der Waals surface area contributed by atoms with Gasteiger partial charge in [0.2, 0.25) is 0 Å². The summed E-state index contributed by atoms with van der Waals surface area (Å²) in [5.41, 5.74) is 0.480. The molecule has 0 bridgehead atoms. The van der Waals surface area contributed by atoms with Crippen LogP contribution >= 0.6 is 23.2 Å². The maximum absolute atomic E-state index is 13.5. The summed E-state index contributed by atoms with van der Waals surface area (Å²) in [4.78, 5) is 14.9. The number of aromatic nitrogens is 2. The Morgan fingerprint density at radius 2 is 1.71 bits per heavy atom. The zero-order chi connectivity index (χ0) is 25.3. The Hall–Kier alpha value is -3.49. The van der Waals surface area contributed by atoms with Crippen molar-refractivity contribution >= 4 is 34.8 Å². The third-order valence-corrected chi connectivity index (χ3v) is 5.92. The van der Waals surface area contributed by atoms with Crippen LogP contribution in [0.2, 0.25) is 10.0 Å². The Balaban J connectivity index is 1.75. The summed E-state index contributed by atoms with van der Waals surface area (Å²) >= 11 is 12.2. The van der Waals surface area contributed by atoms with Crippen molar-refractivity contribution in [3.05, 3.63) is 99.7 Å². The van der Waals surface area contributed by atoms with E-state index in [9.17, 15) is 23.1 Å². The van der Waals surface area contributed by atoms with Crippen LogP contribution in [0.5, 0.6) is 5.75 Å². The number of benzene rings is 3. The average molecular weight is 520 g/mol. The highest BCUT2D eigenvalue weighted by Crippen LogP contribution is 2.37. The average Bonchev–Trinajstić information content (AvgIpc) is 3.20. The van der Waals surface area contributed by atoms with Gasteiger partial charge in [-0.1, -0.05) is 47.5 Å². The number of alkyl halides is 3. The van der Waals surface area contributed by atoms with Crippen LogP contribution in [0, 0.1) is 0 Å². The van der Waals surface area contributed by atoms with Gasteiger partial charge in [0.05, 0.1) is 22.8 Å². The van der Waals surface area contributed by atoms with Crippen molar-refractivity contribution in [3.8, 4) is 17.0 Å². The monoisotopic (exact) mass is 519 g/mol. The number of rotatable bonds is 5. The molecule has 0 atom stereocenters. The van der Waals surface area contributed by atoms with Crippen molar-refractivity contribution in [2.24, 2.45) is 7.05 Å². The second-order valence-electron chi connectivity index (χ2n) is 7.74. The van der Waals surface area contributed by atoms with Crippen LogP contribution in [0.15, 0.2) is 72.8 Å². The lowest BCUT2D eigenvalue weighted by molar-refractivity contribution is -0.141. The Morgan fingerprint density at radius 3 is 2.31 bits per heavy atom. The second-order valence-corrected chi connectivity index (χ2v) is 8.58. The van der Waals surface area contributed by atoms with E-state index >= 15 is 0 Å². The van der Waals surface area contributed by atoms with Gasteiger partial charge in [0.1, 0.15) is 5.75 Å². The third kappa shape index (κ3) is 5.28. The highest BCUT2D eigenvalue weighted by atomic mass is 35.5. The molecule has 5 nitrogen and oxygen atoms in total. The number of carbonyl (C=O) groups is 1. The first kappa shape index (κ1) is 24.6. The molecule has 0 saturated carbocycles. The molecule has 35 heavy (non-hydrogen) atoms. The fourth-order valence-corrected chi connectivity index (χ4v) is 3.94. The van der Waals surface area contributed by atoms with Crippen LogP contribution in [0.25, 0.3) is 11.3 Å². The SMILES string of the molecule is Cn1nc(C(F)(F)F)cc1-c1ccc(N(Cc2ccc(Cl)cc2)C(=O)c2ccccc2Cl)cc1O. The van der Waals surface area contributed by atoms with Crippen molar-refractivity contribution in [1.29, 1.82) is 0 Å². The third-order valence-electron chi connectivity index (χ3n) is 5.34. The molecule has 0 aliphatic rings. The number of aromatic hydroxyl groups is 1. The van der Waals surface area contributed by atoms with Gasteiger partial charge in [-0.15, -0.1) is 0 Å². The highest BCUT2D eigenvalue weighted by molar-refractivity contribution is 6.34. The van der Waals surface area contributed by atoms with E-state index in [1.807, 2.05) is 0 Å². The van der Waals surface area contributed by atoms with E-state index in [1.54, 1.807) is 54.6 Å².